The van der Waals surface area contributed by atoms with Crippen molar-refractivity contribution >= 4 is 11.1 Å². The number of oxazole rings is 1. The van der Waals surface area contributed by atoms with Crippen LogP contribution >= 0.6 is 0 Å². The molecule has 0 unspecified atom stereocenters. The van der Waals surface area contributed by atoms with E-state index < -0.39 is 0 Å². The molecule has 1 aromatic carbocycles. The van der Waals surface area contributed by atoms with Crippen molar-refractivity contribution in [3.63, 3.8) is 0 Å². The van der Waals surface area contributed by atoms with Crippen LogP contribution in [-0.2, 0) is 0 Å². The van der Waals surface area contributed by atoms with E-state index in [4.69, 9.17) is 9.15 Å². The van der Waals surface area contributed by atoms with Crippen LogP contribution in [0.5, 0.6) is 5.75 Å². The Morgan fingerprint density at radius 2 is 2.19 bits per heavy atom. The molecule has 2 aromatic rings. The molecule has 0 amide bonds. The molecule has 2 heterocycles. The first kappa shape index (κ1) is 9.66. The van der Waals surface area contributed by atoms with Crippen LogP contribution in [0.3, 0.4) is 0 Å². The minimum atomic E-state index is 0.289. The number of aromatic nitrogens is 1. The van der Waals surface area contributed by atoms with Gasteiger partial charge in [0.1, 0.15) is 11.6 Å². The van der Waals surface area contributed by atoms with Gasteiger partial charge in [-0.2, -0.15) is 0 Å². The highest BCUT2D eigenvalue weighted by molar-refractivity contribution is 5.78. The van der Waals surface area contributed by atoms with Gasteiger partial charge < -0.3 is 14.5 Å². The van der Waals surface area contributed by atoms with Gasteiger partial charge in [-0.25, -0.2) is 4.98 Å². The molecular formula is C12H14N2O2. The van der Waals surface area contributed by atoms with E-state index in [2.05, 4.69) is 10.3 Å². The Balaban J connectivity index is 1.85. The predicted octanol–water partition coefficient (Wildman–Crippen LogP) is 1.96. The van der Waals surface area contributed by atoms with Crippen LogP contribution in [0.2, 0.25) is 0 Å². The minimum absolute atomic E-state index is 0.289. The second kappa shape index (κ2) is 4.14. The lowest BCUT2D eigenvalue weighted by Crippen LogP contribution is -2.34. The number of nitrogens with zero attached hydrogens (tertiary/aromatic N) is 1. The second-order valence-electron chi connectivity index (χ2n) is 4.02. The van der Waals surface area contributed by atoms with Gasteiger partial charge in [-0.3, -0.25) is 0 Å². The van der Waals surface area contributed by atoms with Gasteiger partial charge in [-0.1, -0.05) is 6.07 Å². The zero-order valence-corrected chi connectivity index (χ0v) is 8.98. The van der Waals surface area contributed by atoms with Crippen LogP contribution in [0, 0.1) is 0 Å². The van der Waals surface area contributed by atoms with Crippen LogP contribution in [-0.4, -0.2) is 24.2 Å². The molecule has 0 saturated carbocycles. The van der Waals surface area contributed by atoms with Gasteiger partial charge in [0.2, 0.25) is 0 Å². The predicted molar refractivity (Wildman–Crippen MR) is 60.5 cm³/mol. The summed E-state index contributed by atoms with van der Waals surface area (Å²) in [6.07, 6.45) is 3.84. The molecule has 84 valence electrons. The fraction of sp³-hybridized carbons (Fsp3) is 0.417. The van der Waals surface area contributed by atoms with Crippen molar-refractivity contribution < 1.29 is 9.15 Å². The number of nitrogens with one attached hydrogen (secondary N) is 1. The Hall–Kier alpha value is -1.55. The molecule has 1 saturated heterocycles. The largest absolute Gasteiger partial charge is 0.486 e. The molecule has 0 bridgehead atoms. The summed E-state index contributed by atoms with van der Waals surface area (Å²) in [6.45, 7) is 2.05. The number of benzene rings is 1. The van der Waals surface area contributed by atoms with E-state index in [0.717, 1.165) is 42.8 Å². The molecule has 4 heteroatoms. The highest BCUT2D eigenvalue weighted by Crippen LogP contribution is 2.26. The fourth-order valence-corrected chi connectivity index (χ4v) is 2.05. The molecule has 1 aromatic heterocycles. The number of para-hydroxylation sites is 1. The van der Waals surface area contributed by atoms with Crippen LogP contribution in [0.4, 0.5) is 0 Å². The van der Waals surface area contributed by atoms with Crippen LogP contribution < -0.4 is 10.1 Å². The number of rotatable bonds is 2. The third kappa shape index (κ3) is 1.76. The van der Waals surface area contributed by atoms with Gasteiger partial charge in [0.25, 0.3) is 0 Å². The zero-order chi connectivity index (χ0) is 10.8. The van der Waals surface area contributed by atoms with Gasteiger partial charge in [0, 0.05) is 0 Å². The summed E-state index contributed by atoms with van der Waals surface area (Å²) in [5.41, 5.74) is 1.60. The van der Waals surface area contributed by atoms with Crippen molar-refractivity contribution in [1.29, 1.82) is 0 Å². The Morgan fingerprint density at radius 3 is 3.06 bits per heavy atom. The number of ether oxygens (including phenoxy) is 1. The summed E-state index contributed by atoms with van der Waals surface area (Å²) in [5.74, 6) is 0.807. The monoisotopic (exact) mass is 218 g/mol. The summed E-state index contributed by atoms with van der Waals surface area (Å²) in [5, 5.41) is 3.32. The van der Waals surface area contributed by atoms with E-state index >= 15 is 0 Å². The quantitative estimate of drug-likeness (QED) is 0.837. The highest BCUT2D eigenvalue weighted by Gasteiger charge is 2.16. The van der Waals surface area contributed by atoms with E-state index in [1.807, 2.05) is 18.2 Å². The first-order chi connectivity index (χ1) is 7.93. The van der Waals surface area contributed by atoms with E-state index in [1.165, 1.54) is 6.39 Å². The summed E-state index contributed by atoms with van der Waals surface area (Å²) >= 11 is 0. The Morgan fingerprint density at radius 1 is 1.31 bits per heavy atom. The highest BCUT2D eigenvalue weighted by atomic mass is 16.5. The maximum atomic E-state index is 5.95. The molecule has 0 radical (unpaired) electrons. The normalized spacial score (nSPS) is 17.8. The summed E-state index contributed by atoms with van der Waals surface area (Å²) in [4.78, 5) is 4.11. The van der Waals surface area contributed by atoms with E-state index in [1.54, 1.807) is 0 Å². The van der Waals surface area contributed by atoms with E-state index in [9.17, 15) is 0 Å². The molecule has 3 rings (SSSR count). The van der Waals surface area contributed by atoms with Crippen molar-refractivity contribution in [2.45, 2.75) is 18.9 Å². The van der Waals surface area contributed by atoms with Crippen molar-refractivity contribution in [1.82, 2.24) is 10.3 Å². The van der Waals surface area contributed by atoms with Crippen LogP contribution in [0.15, 0.2) is 29.0 Å². The lowest BCUT2D eigenvalue weighted by Gasteiger charge is -2.23. The molecule has 1 fully saturated rings. The van der Waals surface area contributed by atoms with Crippen LogP contribution in [0.25, 0.3) is 11.1 Å². The molecule has 1 aliphatic rings. The Labute approximate surface area is 93.6 Å². The molecule has 4 nitrogen and oxygen atoms in total. The lowest BCUT2D eigenvalue weighted by atomic mass is 10.1. The average Bonchev–Trinajstić information content (AvgIpc) is 2.80. The standard InChI is InChI=1S/C12H14N2O2/c1-2-10-12(15-8-14-10)11(3-1)16-9-4-6-13-7-5-9/h1-3,8-9,13H,4-7H2. The van der Waals surface area contributed by atoms with Gasteiger partial charge in [0.15, 0.2) is 17.7 Å². The van der Waals surface area contributed by atoms with Crippen molar-refractivity contribution in [2.75, 3.05) is 13.1 Å². The molecule has 1 aliphatic heterocycles. The summed E-state index contributed by atoms with van der Waals surface area (Å²) in [7, 11) is 0. The number of fused-ring (bicyclic) bond motifs is 1. The maximum absolute atomic E-state index is 5.95. The molecule has 0 atom stereocenters. The molecule has 0 spiro atoms. The minimum Gasteiger partial charge on any atom is -0.486 e. The second-order valence-corrected chi connectivity index (χ2v) is 4.02. The summed E-state index contributed by atoms with van der Waals surface area (Å²) in [6, 6.07) is 5.81. The average molecular weight is 218 g/mol. The molecule has 0 aliphatic carbocycles. The SMILES string of the molecule is c1cc(OC2CCNCC2)c2ocnc2c1. The third-order valence-corrected chi connectivity index (χ3v) is 2.90. The van der Waals surface area contributed by atoms with Crippen molar-refractivity contribution in [3.8, 4) is 5.75 Å². The maximum Gasteiger partial charge on any atom is 0.196 e. The topological polar surface area (TPSA) is 47.3 Å². The number of piperidine rings is 1. The first-order valence-corrected chi connectivity index (χ1v) is 5.63. The fourth-order valence-electron chi connectivity index (χ4n) is 2.05. The number of hydrogen-bond acceptors (Lipinski definition) is 4. The molecule has 16 heavy (non-hydrogen) atoms. The first-order valence-electron chi connectivity index (χ1n) is 5.63. The number of hydrogen-bond donors (Lipinski definition) is 1. The summed E-state index contributed by atoms with van der Waals surface area (Å²) < 4.78 is 11.3. The van der Waals surface area contributed by atoms with E-state index in [-0.39, 0.29) is 6.10 Å². The lowest BCUT2D eigenvalue weighted by molar-refractivity contribution is 0.163. The van der Waals surface area contributed by atoms with Crippen molar-refractivity contribution in [3.05, 3.63) is 24.6 Å². The van der Waals surface area contributed by atoms with Gasteiger partial charge >= 0.3 is 0 Å². The van der Waals surface area contributed by atoms with Crippen molar-refractivity contribution in [2.24, 2.45) is 0 Å². The van der Waals surface area contributed by atoms with Gasteiger partial charge in [-0.05, 0) is 38.1 Å². The van der Waals surface area contributed by atoms with Crippen LogP contribution in [0.1, 0.15) is 12.8 Å². The van der Waals surface area contributed by atoms with Gasteiger partial charge in [-0.15, -0.1) is 0 Å². The third-order valence-electron chi connectivity index (χ3n) is 2.90. The Kier molecular flexibility index (Phi) is 2.50. The Bertz CT molecular complexity index is 475. The molecular weight excluding hydrogens is 204 g/mol. The molecule has 1 N–H and O–H groups in total. The van der Waals surface area contributed by atoms with E-state index in [0.29, 0.717) is 0 Å². The smallest absolute Gasteiger partial charge is 0.196 e. The van der Waals surface area contributed by atoms with Gasteiger partial charge in [0.05, 0.1) is 0 Å². The zero-order valence-electron chi connectivity index (χ0n) is 8.98.